The van der Waals surface area contributed by atoms with E-state index in [2.05, 4.69) is 11.9 Å². The van der Waals surface area contributed by atoms with Crippen molar-refractivity contribution < 1.29 is 9.21 Å². The Morgan fingerprint density at radius 1 is 1.59 bits per heavy atom. The average Bonchev–Trinajstić information content (AvgIpc) is 2.93. The van der Waals surface area contributed by atoms with Crippen LogP contribution in [0.3, 0.4) is 0 Å². The minimum atomic E-state index is 0.0902. The normalized spacial score (nSPS) is 10.6. The summed E-state index contributed by atoms with van der Waals surface area (Å²) in [6.45, 7) is 2.06. The minimum Gasteiger partial charge on any atom is -0.463 e. The number of nitrogens with zero attached hydrogens (tertiary/aromatic N) is 1. The monoisotopic (exact) mass is 250 g/mol. The van der Waals surface area contributed by atoms with E-state index >= 15 is 0 Å². The number of aromatic nitrogens is 1. The second-order valence-electron chi connectivity index (χ2n) is 3.73. The van der Waals surface area contributed by atoms with Gasteiger partial charge in [-0.1, -0.05) is 24.7 Å². The number of Topliss-reactive ketones (excluding diaryl/α,β-unsaturated/α-hetero) is 1. The molecule has 17 heavy (non-hydrogen) atoms. The van der Waals surface area contributed by atoms with E-state index < -0.39 is 0 Å². The molecule has 2 aromatic heterocycles. The summed E-state index contributed by atoms with van der Waals surface area (Å²) >= 11 is 1.23. The van der Waals surface area contributed by atoms with Gasteiger partial charge in [-0.05, 0) is 18.6 Å². The van der Waals surface area contributed by atoms with Crippen LogP contribution in [0.1, 0.15) is 35.9 Å². The van der Waals surface area contributed by atoms with E-state index in [1.807, 2.05) is 0 Å². The number of hydrogen-bond donors (Lipinski definition) is 1. The van der Waals surface area contributed by atoms with Gasteiger partial charge in [0, 0.05) is 6.42 Å². The lowest BCUT2D eigenvalue weighted by Crippen LogP contribution is -1.97. The van der Waals surface area contributed by atoms with E-state index in [0.717, 1.165) is 12.8 Å². The van der Waals surface area contributed by atoms with Gasteiger partial charge in [0.1, 0.15) is 10.6 Å². The molecule has 0 saturated carbocycles. The first-order valence-electron chi connectivity index (χ1n) is 5.55. The quantitative estimate of drug-likeness (QED) is 0.826. The molecule has 2 rings (SSSR count). The molecule has 0 radical (unpaired) electrons. The van der Waals surface area contributed by atoms with Crippen LogP contribution in [0, 0.1) is 0 Å². The number of furan rings is 1. The maximum atomic E-state index is 12.0. The second-order valence-corrected chi connectivity index (χ2v) is 4.76. The molecule has 0 bridgehead atoms. The van der Waals surface area contributed by atoms with Crippen LogP contribution < -0.4 is 5.73 Å². The predicted molar refractivity (Wildman–Crippen MR) is 68.1 cm³/mol. The highest BCUT2D eigenvalue weighted by Gasteiger charge is 2.19. The van der Waals surface area contributed by atoms with Gasteiger partial charge in [0.05, 0.1) is 6.26 Å². The lowest BCUT2D eigenvalue weighted by molar-refractivity contribution is 0.0984. The number of nitrogen functional groups attached to an aromatic ring is 1. The van der Waals surface area contributed by atoms with E-state index in [0.29, 0.717) is 27.9 Å². The minimum absolute atomic E-state index is 0.0902. The number of unbranched alkanes of at least 4 members (excludes halogenated alkanes) is 1. The van der Waals surface area contributed by atoms with E-state index in [1.165, 1.54) is 11.3 Å². The summed E-state index contributed by atoms with van der Waals surface area (Å²) < 4.78 is 5.26. The fourth-order valence-electron chi connectivity index (χ4n) is 1.56. The van der Waals surface area contributed by atoms with Crippen molar-refractivity contribution in [3.05, 3.63) is 23.3 Å². The third-order valence-corrected chi connectivity index (χ3v) is 3.33. The molecule has 0 fully saturated rings. The van der Waals surface area contributed by atoms with E-state index in [9.17, 15) is 4.79 Å². The van der Waals surface area contributed by atoms with Crippen LogP contribution in [0.15, 0.2) is 22.8 Å². The molecule has 0 aliphatic carbocycles. The van der Waals surface area contributed by atoms with E-state index in [1.54, 1.807) is 18.4 Å². The Bertz CT molecular complexity index is 503. The first-order chi connectivity index (χ1) is 8.22. The van der Waals surface area contributed by atoms with Gasteiger partial charge < -0.3 is 10.2 Å². The maximum Gasteiger partial charge on any atom is 0.181 e. The number of rotatable bonds is 5. The van der Waals surface area contributed by atoms with Crippen molar-refractivity contribution in [3.8, 4) is 11.5 Å². The predicted octanol–water partition coefficient (Wildman–Crippen LogP) is 3.36. The molecule has 0 amide bonds. The largest absolute Gasteiger partial charge is 0.463 e. The van der Waals surface area contributed by atoms with Crippen molar-refractivity contribution in [1.29, 1.82) is 0 Å². The van der Waals surface area contributed by atoms with Crippen molar-refractivity contribution >= 4 is 22.3 Å². The van der Waals surface area contributed by atoms with Crippen LogP contribution in [0.5, 0.6) is 0 Å². The molecule has 0 aliphatic heterocycles. The highest BCUT2D eigenvalue weighted by atomic mass is 32.1. The first kappa shape index (κ1) is 11.9. The molecule has 0 aliphatic rings. The topological polar surface area (TPSA) is 69.1 Å². The summed E-state index contributed by atoms with van der Waals surface area (Å²) in [4.78, 5) is 16.8. The Morgan fingerprint density at radius 2 is 2.41 bits per heavy atom. The van der Waals surface area contributed by atoms with Gasteiger partial charge in [-0.3, -0.25) is 4.79 Å². The van der Waals surface area contributed by atoms with Gasteiger partial charge in [0.15, 0.2) is 16.7 Å². The Kier molecular flexibility index (Phi) is 3.58. The zero-order chi connectivity index (χ0) is 12.3. The lowest BCUT2D eigenvalue weighted by atomic mass is 10.1. The summed E-state index contributed by atoms with van der Waals surface area (Å²) in [5, 5.41) is 0.399. The van der Waals surface area contributed by atoms with Crippen LogP contribution in [0.25, 0.3) is 11.5 Å². The molecule has 2 heterocycles. The van der Waals surface area contributed by atoms with Gasteiger partial charge in [0.2, 0.25) is 0 Å². The van der Waals surface area contributed by atoms with Crippen LogP contribution in [0.2, 0.25) is 0 Å². The van der Waals surface area contributed by atoms with Crippen LogP contribution in [-0.4, -0.2) is 10.8 Å². The Morgan fingerprint density at radius 3 is 3.06 bits per heavy atom. The zero-order valence-corrected chi connectivity index (χ0v) is 10.4. The van der Waals surface area contributed by atoms with Gasteiger partial charge >= 0.3 is 0 Å². The maximum absolute atomic E-state index is 12.0. The standard InChI is InChI=1S/C12H14N2O2S/c1-2-3-5-8(15)11-10(14-12(13)17-11)9-6-4-7-16-9/h4,6-7H,2-3,5H2,1H3,(H2,13,14). The summed E-state index contributed by atoms with van der Waals surface area (Å²) in [5.74, 6) is 0.685. The van der Waals surface area contributed by atoms with Crippen molar-refractivity contribution in [1.82, 2.24) is 4.98 Å². The molecular formula is C12H14N2O2S. The summed E-state index contributed by atoms with van der Waals surface area (Å²) in [7, 11) is 0. The highest BCUT2D eigenvalue weighted by molar-refractivity contribution is 7.17. The Hall–Kier alpha value is -1.62. The average molecular weight is 250 g/mol. The molecule has 90 valence electrons. The lowest BCUT2D eigenvalue weighted by Gasteiger charge is -1.98. The van der Waals surface area contributed by atoms with Gasteiger partial charge in [0.25, 0.3) is 0 Å². The molecule has 0 atom stereocenters. The summed E-state index contributed by atoms with van der Waals surface area (Å²) in [5.41, 5.74) is 6.23. The SMILES string of the molecule is CCCCC(=O)c1sc(N)nc1-c1ccco1. The number of carbonyl (C=O) groups excluding carboxylic acids is 1. The second kappa shape index (κ2) is 5.14. The first-order valence-corrected chi connectivity index (χ1v) is 6.37. The smallest absolute Gasteiger partial charge is 0.181 e. The Labute approximate surface area is 103 Å². The van der Waals surface area contributed by atoms with Crippen molar-refractivity contribution in [2.24, 2.45) is 0 Å². The summed E-state index contributed by atoms with van der Waals surface area (Å²) in [6, 6.07) is 3.55. The third-order valence-electron chi connectivity index (χ3n) is 2.41. The summed E-state index contributed by atoms with van der Waals surface area (Å²) in [6.07, 6.45) is 3.97. The number of thiazole rings is 1. The number of hydrogen-bond acceptors (Lipinski definition) is 5. The van der Waals surface area contributed by atoms with E-state index in [4.69, 9.17) is 10.2 Å². The zero-order valence-electron chi connectivity index (χ0n) is 9.60. The number of nitrogens with two attached hydrogens (primary N) is 1. The molecule has 5 heteroatoms. The van der Waals surface area contributed by atoms with Crippen molar-refractivity contribution in [3.63, 3.8) is 0 Å². The molecule has 2 N–H and O–H groups in total. The molecule has 0 aromatic carbocycles. The Balaban J connectivity index is 2.31. The van der Waals surface area contributed by atoms with Gasteiger partial charge in [-0.15, -0.1) is 0 Å². The highest BCUT2D eigenvalue weighted by Crippen LogP contribution is 2.31. The fourth-order valence-corrected chi connectivity index (χ4v) is 2.36. The van der Waals surface area contributed by atoms with E-state index in [-0.39, 0.29) is 5.78 Å². The molecule has 0 spiro atoms. The van der Waals surface area contributed by atoms with Gasteiger partial charge in [-0.25, -0.2) is 4.98 Å². The van der Waals surface area contributed by atoms with Gasteiger partial charge in [-0.2, -0.15) is 0 Å². The fraction of sp³-hybridized carbons (Fsp3) is 0.333. The molecule has 0 unspecified atom stereocenters. The van der Waals surface area contributed by atoms with Crippen LogP contribution in [-0.2, 0) is 0 Å². The van der Waals surface area contributed by atoms with Crippen molar-refractivity contribution in [2.75, 3.05) is 5.73 Å². The number of carbonyl (C=O) groups is 1. The van der Waals surface area contributed by atoms with Crippen LogP contribution >= 0.6 is 11.3 Å². The number of ketones is 1. The molecule has 4 nitrogen and oxygen atoms in total. The molecule has 2 aromatic rings. The molecule has 0 saturated heterocycles. The third kappa shape index (κ3) is 2.55. The molecular weight excluding hydrogens is 236 g/mol. The van der Waals surface area contributed by atoms with Crippen molar-refractivity contribution in [2.45, 2.75) is 26.2 Å². The van der Waals surface area contributed by atoms with Crippen LogP contribution in [0.4, 0.5) is 5.13 Å². The number of anilines is 1.